The van der Waals surface area contributed by atoms with E-state index in [1.165, 1.54) is 22.7 Å². The van der Waals surface area contributed by atoms with Crippen molar-refractivity contribution in [3.8, 4) is 28.1 Å². The summed E-state index contributed by atoms with van der Waals surface area (Å²) in [7, 11) is 3.19. The highest BCUT2D eigenvalue weighted by atomic mass is 32.1. The van der Waals surface area contributed by atoms with E-state index < -0.39 is 0 Å². The minimum absolute atomic E-state index is 0.00172. The van der Waals surface area contributed by atoms with Crippen LogP contribution in [0.15, 0.2) is 47.0 Å². The van der Waals surface area contributed by atoms with Gasteiger partial charge in [0.15, 0.2) is 5.76 Å². The highest BCUT2D eigenvalue weighted by molar-refractivity contribution is 7.18. The van der Waals surface area contributed by atoms with Gasteiger partial charge in [0, 0.05) is 24.4 Å². The van der Waals surface area contributed by atoms with Crippen LogP contribution in [0.2, 0.25) is 0 Å². The zero-order valence-corrected chi connectivity index (χ0v) is 24.4. The Kier molecular flexibility index (Phi) is 6.16. The molecule has 5 heterocycles. The zero-order chi connectivity index (χ0) is 28.2. The third kappa shape index (κ3) is 4.49. The van der Waals surface area contributed by atoms with Crippen molar-refractivity contribution in [3.63, 3.8) is 0 Å². The number of amides is 1. The molecule has 0 N–H and O–H groups in total. The van der Waals surface area contributed by atoms with Crippen molar-refractivity contribution in [3.05, 3.63) is 69.3 Å². The topological polar surface area (TPSA) is 104 Å². The summed E-state index contributed by atoms with van der Waals surface area (Å²) in [6.07, 6.45) is 2.62. The highest BCUT2D eigenvalue weighted by Crippen LogP contribution is 2.38. The first-order valence-electron chi connectivity index (χ1n) is 12.9. The smallest absolute Gasteiger partial charge is 0.294 e. The van der Waals surface area contributed by atoms with Crippen molar-refractivity contribution in [1.29, 1.82) is 0 Å². The maximum Gasteiger partial charge on any atom is 0.294 e. The standard InChI is InChI=1S/C29H25N5O5S2/c1-15-26(40-16(2)30-15)27(35)33-8-7-18-6-5-17(9-22(18)33)14-38-23-10-19(36-3)11-24-20(23)12-25(39-24)21-13-34-28(31-21)41-29(32-34)37-4/h5-6,9-13H,7-8,14H2,1-4H3. The number of ether oxygens (including phenoxy) is 3. The maximum atomic E-state index is 13.4. The Morgan fingerprint density at radius 3 is 2.71 bits per heavy atom. The number of thiazole rings is 1. The number of hydrogen-bond donors (Lipinski definition) is 0. The minimum Gasteiger partial charge on any atom is -0.496 e. The van der Waals surface area contributed by atoms with Gasteiger partial charge in [0.1, 0.15) is 34.3 Å². The second-order valence-corrected chi connectivity index (χ2v) is 11.8. The molecule has 0 saturated carbocycles. The van der Waals surface area contributed by atoms with E-state index in [2.05, 4.69) is 21.1 Å². The summed E-state index contributed by atoms with van der Waals surface area (Å²) in [6.45, 7) is 4.77. The van der Waals surface area contributed by atoms with Crippen molar-refractivity contribution >= 4 is 50.2 Å². The molecule has 0 unspecified atom stereocenters. The molecule has 0 spiro atoms. The van der Waals surface area contributed by atoms with Crippen molar-refractivity contribution in [1.82, 2.24) is 19.6 Å². The fourth-order valence-electron chi connectivity index (χ4n) is 5.07. The van der Waals surface area contributed by atoms with Crippen LogP contribution in [-0.4, -0.2) is 46.3 Å². The number of anilines is 1. The monoisotopic (exact) mass is 587 g/mol. The first-order valence-corrected chi connectivity index (χ1v) is 14.6. The number of methoxy groups -OCH3 is 2. The molecule has 10 nitrogen and oxygen atoms in total. The van der Waals surface area contributed by atoms with Gasteiger partial charge in [-0.1, -0.05) is 12.1 Å². The molecule has 6 aromatic rings. The number of aryl methyl sites for hydroxylation is 2. The van der Waals surface area contributed by atoms with Gasteiger partial charge in [-0.25, -0.2) is 14.5 Å². The van der Waals surface area contributed by atoms with E-state index in [4.69, 9.17) is 18.6 Å². The number of carbonyl (C=O) groups excluding carboxylic acids is 1. The Morgan fingerprint density at radius 2 is 1.95 bits per heavy atom. The lowest BCUT2D eigenvalue weighted by atomic mass is 10.1. The van der Waals surface area contributed by atoms with E-state index in [0.717, 1.165) is 39.3 Å². The summed E-state index contributed by atoms with van der Waals surface area (Å²) in [6, 6.07) is 11.8. The fourth-order valence-corrected chi connectivity index (χ4v) is 6.64. The molecule has 208 valence electrons. The van der Waals surface area contributed by atoms with Gasteiger partial charge in [0.25, 0.3) is 11.1 Å². The van der Waals surface area contributed by atoms with Crippen molar-refractivity contribution in [2.75, 3.05) is 25.7 Å². The highest BCUT2D eigenvalue weighted by Gasteiger charge is 2.28. The maximum absolute atomic E-state index is 13.4. The summed E-state index contributed by atoms with van der Waals surface area (Å²) < 4.78 is 24.9. The first-order chi connectivity index (χ1) is 19.9. The molecule has 7 rings (SSSR count). The summed E-state index contributed by atoms with van der Waals surface area (Å²) in [5.74, 6) is 1.83. The van der Waals surface area contributed by atoms with Crippen LogP contribution in [-0.2, 0) is 13.0 Å². The normalized spacial score (nSPS) is 12.8. The predicted octanol–water partition coefficient (Wildman–Crippen LogP) is 6.08. The number of imidazole rings is 1. The predicted molar refractivity (Wildman–Crippen MR) is 157 cm³/mol. The zero-order valence-electron chi connectivity index (χ0n) is 22.8. The Morgan fingerprint density at radius 1 is 1.07 bits per heavy atom. The molecular weight excluding hydrogens is 562 g/mol. The summed E-state index contributed by atoms with van der Waals surface area (Å²) in [4.78, 5) is 25.7. The largest absolute Gasteiger partial charge is 0.496 e. The fraction of sp³-hybridized carbons (Fsp3) is 0.241. The number of hydrogen-bond acceptors (Lipinski definition) is 10. The van der Waals surface area contributed by atoms with Gasteiger partial charge in [-0.15, -0.1) is 16.4 Å². The third-order valence-electron chi connectivity index (χ3n) is 7.04. The van der Waals surface area contributed by atoms with E-state index in [-0.39, 0.29) is 5.91 Å². The number of benzene rings is 2. The SMILES string of the molecule is COc1cc(OCc2ccc3c(c2)N(C(=O)c2sc(C)nc2C)CC3)c2cc(-c3cn4nc(OC)sc4n3)oc2c1. The number of aromatic nitrogens is 4. The Hall–Kier alpha value is -4.42. The molecule has 0 radical (unpaired) electrons. The lowest BCUT2D eigenvalue weighted by Crippen LogP contribution is -2.28. The van der Waals surface area contributed by atoms with E-state index >= 15 is 0 Å². The average molecular weight is 588 g/mol. The molecule has 12 heteroatoms. The molecule has 0 bridgehead atoms. The van der Waals surface area contributed by atoms with Gasteiger partial charge in [-0.05, 0) is 54.9 Å². The quantitative estimate of drug-likeness (QED) is 0.222. The van der Waals surface area contributed by atoms with Crippen molar-refractivity contribution in [2.24, 2.45) is 0 Å². The molecular formula is C29H25N5O5S2. The molecule has 2 aromatic carbocycles. The van der Waals surface area contributed by atoms with Gasteiger partial charge in [0.05, 0.1) is 36.5 Å². The number of nitrogens with zero attached hydrogens (tertiary/aromatic N) is 5. The van der Waals surface area contributed by atoms with Crippen LogP contribution in [0.4, 0.5) is 5.69 Å². The van der Waals surface area contributed by atoms with Gasteiger partial charge >= 0.3 is 0 Å². The molecule has 0 saturated heterocycles. The molecule has 1 aliphatic rings. The van der Waals surface area contributed by atoms with Crippen LogP contribution >= 0.6 is 22.7 Å². The first kappa shape index (κ1) is 25.5. The van der Waals surface area contributed by atoms with Gasteiger partial charge in [-0.2, -0.15) is 0 Å². The second kappa shape index (κ2) is 9.89. The Labute approximate surface area is 242 Å². The van der Waals surface area contributed by atoms with Gasteiger partial charge in [0.2, 0.25) is 4.96 Å². The Balaban J connectivity index is 1.16. The number of carbonyl (C=O) groups is 1. The number of fused-ring (bicyclic) bond motifs is 3. The van der Waals surface area contributed by atoms with E-state index in [0.29, 0.717) is 56.7 Å². The van der Waals surface area contributed by atoms with Crippen LogP contribution in [0.3, 0.4) is 0 Å². The van der Waals surface area contributed by atoms with Crippen LogP contribution in [0, 0.1) is 13.8 Å². The minimum atomic E-state index is -0.00172. The molecule has 0 aliphatic carbocycles. The molecule has 1 aliphatic heterocycles. The number of rotatable bonds is 7. The molecule has 1 amide bonds. The van der Waals surface area contributed by atoms with Crippen LogP contribution < -0.4 is 19.1 Å². The van der Waals surface area contributed by atoms with Gasteiger partial charge < -0.3 is 23.5 Å². The van der Waals surface area contributed by atoms with E-state index in [9.17, 15) is 4.79 Å². The lowest BCUT2D eigenvalue weighted by molar-refractivity contribution is 0.0992. The molecule has 4 aromatic heterocycles. The summed E-state index contributed by atoms with van der Waals surface area (Å²) in [5.41, 5.74) is 5.08. The summed E-state index contributed by atoms with van der Waals surface area (Å²) in [5, 5.41) is 6.57. The van der Waals surface area contributed by atoms with Crippen molar-refractivity contribution in [2.45, 2.75) is 26.9 Å². The van der Waals surface area contributed by atoms with Gasteiger partial charge in [-0.3, -0.25) is 4.79 Å². The molecule has 0 atom stereocenters. The third-order valence-corrected chi connectivity index (χ3v) is 8.99. The van der Waals surface area contributed by atoms with Crippen LogP contribution in [0.25, 0.3) is 27.4 Å². The average Bonchev–Trinajstić information content (AvgIpc) is 3.78. The van der Waals surface area contributed by atoms with Crippen LogP contribution in [0.5, 0.6) is 16.7 Å². The second-order valence-electron chi connectivity index (χ2n) is 9.68. The lowest BCUT2D eigenvalue weighted by Gasteiger charge is -2.18. The summed E-state index contributed by atoms with van der Waals surface area (Å²) >= 11 is 2.79. The van der Waals surface area contributed by atoms with E-state index in [1.54, 1.807) is 24.9 Å². The molecule has 0 fully saturated rings. The van der Waals surface area contributed by atoms with Crippen LogP contribution in [0.1, 0.15) is 31.5 Å². The Bertz CT molecular complexity index is 1920. The molecule has 41 heavy (non-hydrogen) atoms. The van der Waals surface area contributed by atoms with E-state index in [1.807, 2.05) is 49.1 Å². The van der Waals surface area contributed by atoms with Crippen molar-refractivity contribution < 1.29 is 23.4 Å². The number of furan rings is 1.